The molecule has 2 atom stereocenters. The van der Waals surface area contributed by atoms with Gasteiger partial charge in [0.15, 0.2) is 0 Å². The fourth-order valence-electron chi connectivity index (χ4n) is 2.71. The molecule has 1 saturated carbocycles. The van der Waals surface area contributed by atoms with Crippen molar-refractivity contribution in [2.75, 3.05) is 5.73 Å². The zero-order valence-corrected chi connectivity index (χ0v) is 9.74. The first-order valence-electron chi connectivity index (χ1n) is 6.01. The van der Waals surface area contributed by atoms with Crippen LogP contribution in [0.1, 0.15) is 50.8 Å². The van der Waals surface area contributed by atoms with Crippen molar-refractivity contribution in [3.8, 4) is 0 Å². The predicted molar refractivity (Wildman–Crippen MR) is 62.7 cm³/mol. The quantitative estimate of drug-likeness (QED) is 0.810. The van der Waals surface area contributed by atoms with Crippen LogP contribution >= 0.6 is 0 Å². The molecule has 1 aromatic rings. The number of imidazole rings is 1. The van der Waals surface area contributed by atoms with Crippen molar-refractivity contribution in [3.63, 3.8) is 0 Å². The van der Waals surface area contributed by atoms with E-state index in [0.717, 1.165) is 11.6 Å². The highest BCUT2D eigenvalue weighted by Gasteiger charge is 2.23. The Bertz CT molecular complexity index is 330. The Hall–Kier alpha value is -0.990. The topological polar surface area (TPSA) is 43.8 Å². The van der Waals surface area contributed by atoms with E-state index in [2.05, 4.69) is 22.7 Å². The molecule has 1 aromatic heterocycles. The molecule has 0 aromatic carbocycles. The van der Waals surface area contributed by atoms with Gasteiger partial charge in [0, 0.05) is 12.2 Å². The molecule has 0 bridgehead atoms. The van der Waals surface area contributed by atoms with Gasteiger partial charge in [-0.15, -0.1) is 0 Å². The summed E-state index contributed by atoms with van der Waals surface area (Å²) in [5, 5.41) is 0. The Morgan fingerprint density at radius 2 is 2.33 bits per heavy atom. The van der Waals surface area contributed by atoms with Crippen LogP contribution in [0.3, 0.4) is 0 Å². The van der Waals surface area contributed by atoms with Gasteiger partial charge in [-0.25, -0.2) is 4.98 Å². The van der Waals surface area contributed by atoms with Crippen LogP contribution in [0, 0.1) is 12.8 Å². The molecule has 84 valence electrons. The zero-order valence-electron chi connectivity index (χ0n) is 9.74. The summed E-state index contributed by atoms with van der Waals surface area (Å²) in [6.07, 6.45) is 8.65. The van der Waals surface area contributed by atoms with Gasteiger partial charge in [0.25, 0.3) is 0 Å². The van der Waals surface area contributed by atoms with E-state index in [1.54, 1.807) is 0 Å². The molecule has 3 heteroatoms. The minimum absolute atomic E-state index is 0.588. The van der Waals surface area contributed by atoms with Gasteiger partial charge in [-0.2, -0.15) is 0 Å². The van der Waals surface area contributed by atoms with Gasteiger partial charge in [0.2, 0.25) is 5.95 Å². The third-order valence-corrected chi connectivity index (χ3v) is 3.61. The highest BCUT2D eigenvalue weighted by molar-refractivity contribution is 5.22. The molecule has 2 N–H and O–H groups in total. The van der Waals surface area contributed by atoms with Crippen LogP contribution in [0.2, 0.25) is 0 Å². The van der Waals surface area contributed by atoms with Crippen molar-refractivity contribution in [2.45, 2.75) is 52.0 Å². The summed E-state index contributed by atoms with van der Waals surface area (Å²) in [6.45, 7) is 4.29. The van der Waals surface area contributed by atoms with Crippen LogP contribution in [0.25, 0.3) is 0 Å². The predicted octanol–water partition coefficient (Wildman–Crippen LogP) is 2.92. The molecule has 0 aliphatic heterocycles. The summed E-state index contributed by atoms with van der Waals surface area (Å²) in [7, 11) is 0. The van der Waals surface area contributed by atoms with Gasteiger partial charge in [0.05, 0.1) is 5.69 Å². The number of hydrogen-bond donors (Lipinski definition) is 1. The maximum atomic E-state index is 5.91. The van der Waals surface area contributed by atoms with Crippen molar-refractivity contribution in [1.82, 2.24) is 9.55 Å². The van der Waals surface area contributed by atoms with Gasteiger partial charge >= 0.3 is 0 Å². The Morgan fingerprint density at radius 3 is 2.93 bits per heavy atom. The van der Waals surface area contributed by atoms with Crippen molar-refractivity contribution in [1.29, 1.82) is 0 Å². The molecular formula is C12H21N3. The monoisotopic (exact) mass is 207 g/mol. The molecule has 15 heavy (non-hydrogen) atoms. The second-order valence-electron chi connectivity index (χ2n) is 4.74. The molecule has 2 rings (SSSR count). The van der Waals surface area contributed by atoms with Crippen LogP contribution < -0.4 is 5.73 Å². The minimum Gasteiger partial charge on any atom is -0.369 e. The Balaban J connectivity index is 2.13. The Kier molecular flexibility index (Phi) is 2.98. The van der Waals surface area contributed by atoms with Crippen LogP contribution in [0.5, 0.6) is 0 Å². The number of aryl methyl sites for hydroxylation is 1. The van der Waals surface area contributed by atoms with E-state index in [1.807, 2.05) is 6.92 Å². The van der Waals surface area contributed by atoms with Crippen molar-refractivity contribution < 1.29 is 0 Å². The molecular weight excluding hydrogens is 186 g/mol. The average molecular weight is 207 g/mol. The largest absolute Gasteiger partial charge is 0.369 e. The Morgan fingerprint density at radius 1 is 1.53 bits per heavy atom. The van der Waals surface area contributed by atoms with Gasteiger partial charge < -0.3 is 10.3 Å². The molecule has 0 amide bonds. The third-order valence-electron chi connectivity index (χ3n) is 3.61. The lowest BCUT2D eigenvalue weighted by molar-refractivity contribution is 0.263. The maximum absolute atomic E-state index is 5.91. The number of nitrogens with two attached hydrogens (primary N) is 1. The van der Waals surface area contributed by atoms with E-state index in [0.29, 0.717) is 12.0 Å². The van der Waals surface area contributed by atoms with Crippen LogP contribution in [-0.2, 0) is 0 Å². The summed E-state index contributed by atoms with van der Waals surface area (Å²) in [5.41, 5.74) is 6.94. The number of aromatic nitrogens is 2. The summed E-state index contributed by atoms with van der Waals surface area (Å²) in [4.78, 5) is 4.28. The molecule has 1 aliphatic rings. The lowest BCUT2D eigenvalue weighted by Crippen LogP contribution is -2.19. The van der Waals surface area contributed by atoms with E-state index >= 15 is 0 Å². The van der Waals surface area contributed by atoms with Gasteiger partial charge in [0.1, 0.15) is 0 Å². The standard InChI is InChI=1S/C12H21N3/c1-3-10-5-4-6-11(7-10)15-8-9(2)14-12(15)13/h8,10-11H,3-7H2,1-2H3,(H2,13,14). The SMILES string of the molecule is CCC1CCCC(n2cc(C)nc2N)C1. The first kappa shape index (κ1) is 10.5. The maximum Gasteiger partial charge on any atom is 0.200 e. The van der Waals surface area contributed by atoms with Crippen LogP contribution in [0.15, 0.2) is 6.20 Å². The van der Waals surface area contributed by atoms with Crippen LogP contribution in [0.4, 0.5) is 5.95 Å². The number of hydrogen-bond acceptors (Lipinski definition) is 2. The second-order valence-corrected chi connectivity index (χ2v) is 4.74. The fourth-order valence-corrected chi connectivity index (χ4v) is 2.71. The average Bonchev–Trinajstić information content (AvgIpc) is 2.58. The molecule has 1 fully saturated rings. The summed E-state index contributed by atoms with van der Waals surface area (Å²) < 4.78 is 2.18. The first-order chi connectivity index (χ1) is 7.20. The zero-order chi connectivity index (χ0) is 10.8. The lowest BCUT2D eigenvalue weighted by atomic mass is 9.84. The van der Waals surface area contributed by atoms with Gasteiger partial charge in [-0.05, 0) is 25.7 Å². The van der Waals surface area contributed by atoms with Gasteiger partial charge in [-0.3, -0.25) is 0 Å². The van der Waals surface area contributed by atoms with E-state index in [-0.39, 0.29) is 0 Å². The molecule has 3 nitrogen and oxygen atoms in total. The minimum atomic E-state index is 0.588. The van der Waals surface area contributed by atoms with Crippen molar-refractivity contribution in [2.24, 2.45) is 5.92 Å². The molecule has 1 aliphatic carbocycles. The number of anilines is 1. The van der Waals surface area contributed by atoms with Crippen molar-refractivity contribution in [3.05, 3.63) is 11.9 Å². The summed E-state index contributed by atoms with van der Waals surface area (Å²) in [5.74, 6) is 1.57. The van der Waals surface area contributed by atoms with E-state index in [9.17, 15) is 0 Å². The first-order valence-corrected chi connectivity index (χ1v) is 6.01. The van der Waals surface area contributed by atoms with E-state index in [4.69, 9.17) is 5.73 Å². The number of nitrogen functional groups attached to an aromatic ring is 1. The van der Waals surface area contributed by atoms with E-state index in [1.165, 1.54) is 32.1 Å². The lowest BCUT2D eigenvalue weighted by Gasteiger charge is -2.29. The third kappa shape index (κ3) is 2.16. The molecule has 0 radical (unpaired) electrons. The normalized spacial score (nSPS) is 26.8. The van der Waals surface area contributed by atoms with E-state index < -0.39 is 0 Å². The highest BCUT2D eigenvalue weighted by atomic mass is 15.2. The van der Waals surface area contributed by atoms with Crippen molar-refractivity contribution >= 4 is 5.95 Å². The second kappa shape index (κ2) is 4.25. The number of nitrogens with zero attached hydrogens (tertiary/aromatic N) is 2. The van der Waals surface area contributed by atoms with Crippen LogP contribution in [-0.4, -0.2) is 9.55 Å². The smallest absolute Gasteiger partial charge is 0.200 e. The number of rotatable bonds is 2. The Labute approximate surface area is 91.7 Å². The van der Waals surface area contributed by atoms with Gasteiger partial charge in [-0.1, -0.05) is 26.2 Å². The summed E-state index contributed by atoms with van der Waals surface area (Å²) in [6, 6.07) is 0.588. The molecule has 2 unspecified atom stereocenters. The fraction of sp³-hybridized carbons (Fsp3) is 0.750. The highest BCUT2D eigenvalue weighted by Crippen LogP contribution is 2.35. The molecule has 1 heterocycles. The molecule has 0 saturated heterocycles. The summed E-state index contributed by atoms with van der Waals surface area (Å²) >= 11 is 0. The molecule has 0 spiro atoms.